The number of nitrogens with one attached hydrogen (secondary N) is 1. The highest BCUT2D eigenvalue weighted by molar-refractivity contribution is 8.00. The maximum absolute atomic E-state index is 12.1. The summed E-state index contributed by atoms with van der Waals surface area (Å²) >= 11 is 1.49. The van der Waals surface area contributed by atoms with Gasteiger partial charge in [0.15, 0.2) is 0 Å². The normalized spacial score (nSPS) is 11.9. The fourth-order valence-electron chi connectivity index (χ4n) is 1.86. The molecule has 2 aromatic carbocycles. The number of benzene rings is 2. The fraction of sp³-hybridized carbons (Fsp3) is 0.158. The van der Waals surface area contributed by atoms with Crippen molar-refractivity contribution in [3.05, 3.63) is 72.8 Å². The van der Waals surface area contributed by atoms with Gasteiger partial charge in [-0.2, -0.15) is 5.10 Å². The molecule has 24 heavy (non-hydrogen) atoms. The van der Waals surface area contributed by atoms with Gasteiger partial charge in [-0.25, -0.2) is 5.43 Å². The number of hydrogen-bond donors (Lipinski definition) is 1. The van der Waals surface area contributed by atoms with Crippen LogP contribution >= 0.6 is 11.8 Å². The third-order valence-electron chi connectivity index (χ3n) is 3.04. The molecule has 124 valence electrons. The first-order chi connectivity index (χ1) is 11.7. The minimum Gasteiger partial charge on any atom is -0.490 e. The van der Waals surface area contributed by atoms with E-state index in [4.69, 9.17) is 4.74 Å². The molecule has 0 saturated heterocycles. The van der Waals surface area contributed by atoms with E-state index in [0.29, 0.717) is 6.61 Å². The Balaban J connectivity index is 1.86. The van der Waals surface area contributed by atoms with Gasteiger partial charge in [-0.05, 0) is 36.8 Å². The Labute approximate surface area is 146 Å². The molecule has 1 amide bonds. The second-order valence-electron chi connectivity index (χ2n) is 4.98. The highest BCUT2D eigenvalue weighted by Gasteiger charge is 2.13. The Kier molecular flexibility index (Phi) is 7.11. The van der Waals surface area contributed by atoms with Crippen molar-refractivity contribution in [2.45, 2.75) is 17.1 Å². The number of rotatable bonds is 8. The van der Waals surface area contributed by atoms with Crippen molar-refractivity contribution in [2.24, 2.45) is 5.10 Å². The molecule has 0 saturated carbocycles. The van der Waals surface area contributed by atoms with Gasteiger partial charge in [0.1, 0.15) is 12.4 Å². The van der Waals surface area contributed by atoms with Crippen LogP contribution in [0.3, 0.4) is 0 Å². The molecular weight excluding hydrogens is 320 g/mol. The zero-order chi connectivity index (χ0) is 17.2. The molecule has 0 bridgehead atoms. The molecule has 0 heterocycles. The molecular formula is C19H20N2O2S. The maximum atomic E-state index is 12.1. The second kappa shape index (κ2) is 9.57. The number of hydrazone groups is 1. The minimum absolute atomic E-state index is 0.140. The van der Waals surface area contributed by atoms with E-state index in [2.05, 4.69) is 17.1 Å². The molecule has 0 fully saturated rings. The van der Waals surface area contributed by atoms with E-state index in [1.54, 1.807) is 12.3 Å². The summed E-state index contributed by atoms with van der Waals surface area (Å²) in [5.74, 6) is 0.595. The van der Waals surface area contributed by atoms with Crippen molar-refractivity contribution >= 4 is 23.9 Å². The van der Waals surface area contributed by atoms with Gasteiger partial charge in [0.05, 0.1) is 11.5 Å². The van der Waals surface area contributed by atoms with Crippen LogP contribution in [0.1, 0.15) is 12.5 Å². The van der Waals surface area contributed by atoms with Crippen LogP contribution in [0, 0.1) is 0 Å². The van der Waals surface area contributed by atoms with Crippen LogP contribution in [-0.2, 0) is 4.79 Å². The molecule has 5 heteroatoms. The Hall–Kier alpha value is -2.53. The van der Waals surface area contributed by atoms with Crippen LogP contribution in [0.25, 0.3) is 0 Å². The first-order valence-electron chi connectivity index (χ1n) is 7.57. The molecule has 1 atom stereocenters. The van der Waals surface area contributed by atoms with Gasteiger partial charge in [0.25, 0.3) is 5.91 Å². The zero-order valence-corrected chi connectivity index (χ0v) is 14.3. The Morgan fingerprint density at radius 3 is 2.83 bits per heavy atom. The van der Waals surface area contributed by atoms with Crippen molar-refractivity contribution < 1.29 is 9.53 Å². The summed E-state index contributed by atoms with van der Waals surface area (Å²) in [5.41, 5.74) is 3.41. The smallest absolute Gasteiger partial charge is 0.253 e. The number of amides is 1. The summed E-state index contributed by atoms with van der Waals surface area (Å²) in [5, 5.41) is 3.78. The molecule has 1 N–H and O–H groups in total. The van der Waals surface area contributed by atoms with E-state index >= 15 is 0 Å². The monoisotopic (exact) mass is 340 g/mol. The number of carbonyl (C=O) groups is 1. The lowest BCUT2D eigenvalue weighted by atomic mass is 10.2. The molecule has 4 nitrogen and oxygen atoms in total. The molecule has 0 aliphatic carbocycles. The third kappa shape index (κ3) is 5.93. The first kappa shape index (κ1) is 17.8. The molecule has 0 spiro atoms. The van der Waals surface area contributed by atoms with Crippen molar-refractivity contribution in [3.8, 4) is 5.75 Å². The van der Waals surface area contributed by atoms with E-state index in [-0.39, 0.29) is 11.2 Å². The standard InChI is InChI=1S/C19H20N2O2S/c1-3-12-23-17-9-7-8-16(13-17)14-20-21-19(22)15(2)24-18-10-5-4-6-11-18/h3-11,13-15H,1,12H2,2H3,(H,21,22)/b20-14+. The molecule has 0 aliphatic heterocycles. The predicted molar refractivity (Wildman–Crippen MR) is 99.6 cm³/mol. The maximum Gasteiger partial charge on any atom is 0.253 e. The van der Waals surface area contributed by atoms with Crippen LogP contribution in [0.2, 0.25) is 0 Å². The highest BCUT2D eigenvalue weighted by Crippen LogP contribution is 2.22. The molecule has 0 aliphatic rings. The number of carbonyl (C=O) groups excluding carboxylic acids is 1. The van der Waals surface area contributed by atoms with Gasteiger partial charge in [0, 0.05) is 4.90 Å². The van der Waals surface area contributed by atoms with Crippen LogP contribution in [0.4, 0.5) is 0 Å². The SMILES string of the molecule is C=CCOc1cccc(/C=N/NC(=O)C(C)Sc2ccccc2)c1. The van der Waals surface area contributed by atoms with Gasteiger partial charge >= 0.3 is 0 Å². The largest absolute Gasteiger partial charge is 0.490 e. The Morgan fingerprint density at radius 2 is 2.08 bits per heavy atom. The van der Waals surface area contributed by atoms with Crippen LogP contribution < -0.4 is 10.2 Å². The van der Waals surface area contributed by atoms with Crippen molar-refractivity contribution in [1.82, 2.24) is 5.43 Å². The molecule has 0 aromatic heterocycles. The number of thioether (sulfide) groups is 1. The van der Waals surface area contributed by atoms with Crippen LogP contribution in [-0.4, -0.2) is 24.0 Å². The van der Waals surface area contributed by atoms with Crippen LogP contribution in [0.5, 0.6) is 5.75 Å². The van der Waals surface area contributed by atoms with Gasteiger partial charge < -0.3 is 4.74 Å². The van der Waals surface area contributed by atoms with E-state index in [1.807, 2.05) is 61.5 Å². The summed E-state index contributed by atoms with van der Waals surface area (Å²) in [6.07, 6.45) is 3.28. The number of nitrogens with zero attached hydrogens (tertiary/aromatic N) is 1. The van der Waals surface area contributed by atoms with Gasteiger partial charge in [-0.15, -0.1) is 11.8 Å². The van der Waals surface area contributed by atoms with Gasteiger partial charge in [0.2, 0.25) is 0 Å². The molecule has 2 aromatic rings. The molecule has 2 rings (SSSR count). The lowest BCUT2D eigenvalue weighted by molar-refractivity contribution is -0.120. The summed E-state index contributed by atoms with van der Waals surface area (Å²) in [6.45, 7) is 5.92. The topological polar surface area (TPSA) is 50.7 Å². The lowest BCUT2D eigenvalue weighted by Crippen LogP contribution is -2.26. The Bertz CT molecular complexity index is 702. The van der Waals surface area contributed by atoms with E-state index in [0.717, 1.165) is 16.2 Å². The number of hydrogen-bond acceptors (Lipinski definition) is 4. The minimum atomic E-state index is -0.230. The zero-order valence-electron chi connectivity index (χ0n) is 13.5. The van der Waals surface area contributed by atoms with Gasteiger partial charge in [-0.1, -0.05) is 43.0 Å². The molecule has 0 radical (unpaired) electrons. The van der Waals surface area contributed by atoms with Crippen molar-refractivity contribution in [1.29, 1.82) is 0 Å². The Morgan fingerprint density at radius 1 is 1.29 bits per heavy atom. The molecule has 1 unspecified atom stereocenters. The van der Waals surface area contributed by atoms with Gasteiger partial charge in [-0.3, -0.25) is 4.79 Å². The lowest BCUT2D eigenvalue weighted by Gasteiger charge is -2.09. The third-order valence-corrected chi connectivity index (χ3v) is 4.15. The quantitative estimate of drug-likeness (QED) is 0.343. The van der Waals surface area contributed by atoms with Crippen molar-refractivity contribution in [3.63, 3.8) is 0 Å². The average molecular weight is 340 g/mol. The van der Waals surface area contributed by atoms with E-state index < -0.39 is 0 Å². The summed E-state index contributed by atoms with van der Waals surface area (Å²) in [4.78, 5) is 13.1. The van der Waals surface area contributed by atoms with Crippen LogP contribution in [0.15, 0.2) is 77.2 Å². The fourth-order valence-corrected chi connectivity index (χ4v) is 2.74. The second-order valence-corrected chi connectivity index (χ2v) is 6.39. The summed E-state index contributed by atoms with van der Waals surface area (Å²) in [7, 11) is 0. The predicted octanol–water partition coefficient (Wildman–Crippen LogP) is 3.88. The summed E-state index contributed by atoms with van der Waals surface area (Å²) < 4.78 is 5.46. The van der Waals surface area contributed by atoms with Crippen molar-refractivity contribution in [2.75, 3.05) is 6.61 Å². The van der Waals surface area contributed by atoms with E-state index in [9.17, 15) is 4.79 Å². The average Bonchev–Trinajstić information content (AvgIpc) is 2.61. The first-order valence-corrected chi connectivity index (χ1v) is 8.45. The number of ether oxygens (including phenoxy) is 1. The van der Waals surface area contributed by atoms with E-state index in [1.165, 1.54) is 11.8 Å². The highest BCUT2D eigenvalue weighted by atomic mass is 32.2. The summed E-state index contributed by atoms with van der Waals surface area (Å²) in [6, 6.07) is 17.3.